The molecule has 0 bridgehead atoms. The number of carbonyl (C=O) groups excluding carboxylic acids is 1. The molecular formula is C14H17BrN2O4S. The smallest absolute Gasteiger partial charge is 0.324 e. The summed E-state index contributed by atoms with van der Waals surface area (Å²) in [5.41, 5.74) is 0.815. The van der Waals surface area contributed by atoms with Crippen molar-refractivity contribution in [1.82, 2.24) is 9.78 Å². The van der Waals surface area contributed by atoms with Crippen molar-refractivity contribution in [1.29, 1.82) is 0 Å². The topological polar surface area (TPSA) is 78.3 Å². The lowest BCUT2D eigenvalue weighted by molar-refractivity contribution is -0.142. The van der Waals surface area contributed by atoms with Crippen LogP contribution in [0.5, 0.6) is 0 Å². The number of hydrogen-bond donors (Lipinski definition) is 0. The van der Waals surface area contributed by atoms with Gasteiger partial charge in [0.2, 0.25) is 0 Å². The van der Waals surface area contributed by atoms with E-state index in [-0.39, 0.29) is 13.0 Å². The molecule has 1 heterocycles. The van der Waals surface area contributed by atoms with Gasteiger partial charge in [0, 0.05) is 28.9 Å². The summed E-state index contributed by atoms with van der Waals surface area (Å²) in [5, 5.41) is 4.15. The molecule has 0 saturated carbocycles. The molecule has 1 unspecified atom stereocenters. The predicted octanol–water partition coefficient (Wildman–Crippen LogP) is 2.17. The number of fused-ring (bicyclic) bond motifs is 1. The number of esters is 1. The number of aromatic nitrogens is 2. The monoisotopic (exact) mass is 388 g/mol. The van der Waals surface area contributed by atoms with Crippen LogP contribution in [0.3, 0.4) is 0 Å². The van der Waals surface area contributed by atoms with E-state index in [0.717, 1.165) is 21.6 Å². The number of aryl methyl sites for hydroxylation is 1. The highest BCUT2D eigenvalue weighted by Crippen LogP contribution is 2.19. The van der Waals surface area contributed by atoms with Gasteiger partial charge in [0.25, 0.3) is 0 Å². The normalized spacial score (nSPS) is 13.2. The van der Waals surface area contributed by atoms with Gasteiger partial charge in [-0.3, -0.25) is 9.48 Å². The maximum absolute atomic E-state index is 11.8. The maximum Gasteiger partial charge on any atom is 0.324 e. The van der Waals surface area contributed by atoms with Gasteiger partial charge in [-0.05, 0) is 31.5 Å². The molecule has 0 fully saturated rings. The van der Waals surface area contributed by atoms with Crippen molar-refractivity contribution < 1.29 is 17.9 Å². The van der Waals surface area contributed by atoms with Crippen molar-refractivity contribution in [3.8, 4) is 0 Å². The van der Waals surface area contributed by atoms with Gasteiger partial charge in [-0.25, -0.2) is 8.42 Å². The highest BCUT2D eigenvalue weighted by Gasteiger charge is 2.30. The molecule has 0 spiro atoms. The van der Waals surface area contributed by atoms with Gasteiger partial charge in [-0.1, -0.05) is 15.9 Å². The summed E-state index contributed by atoms with van der Waals surface area (Å²) >= 11 is 3.39. The number of benzene rings is 1. The molecule has 1 atom stereocenters. The van der Waals surface area contributed by atoms with Crippen molar-refractivity contribution in [2.45, 2.75) is 25.1 Å². The molecule has 0 aliphatic heterocycles. The van der Waals surface area contributed by atoms with Gasteiger partial charge in [-0.2, -0.15) is 5.10 Å². The zero-order chi connectivity index (χ0) is 16.3. The zero-order valence-corrected chi connectivity index (χ0v) is 14.7. The molecule has 6 nitrogen and oxygen atoms in total. The van der Waals surface area contributed by atoms with Crippen LogP contribution in [0.25, 0.3) is 10.9 Å². The van der Waals surface area contributed by atoms with E-state index in [1.807, 2.05) is 24.4 Å². The third-order valence-electron chi connectivity index (χ3n) is 3.20. The van der Waals surface area contributed by atoms with Gasteiger partial charge < -0.3 is 4.74 Å². The first kappa shape index (κ1) is 17.0. The molecule has 0 saturated heterocycles. The number of ether oxygens (including phenoxy) is 1. The minimum absolute atomic E-state index is 0.132. The van der Waals surface area contributed by atoms with Crippen LogP contribution in [0, 0.1) is 0 Å². The second-order valence-electron chi connectivity index (χ2n) is 4.95. The quantitative estimate of drug-likeness (QED) is 0.708. The van der Waals surface area contributed by atoms with Crippen molar-refractivity contribution in [2.75, 3.05) is 12.9 Å². The van der Waals surface area contributed by atoms with Crippen molar-refractivity contribution in [3.63, 3.8) is 0 Å². The Morgan fingerprint density at radius 2 is 2.18 bits per heavy atom. The Kier molecular flexibility index (Phi) is 5.23. The van der Waals surface area contributed by atoms with Gasteiger partial charge in [0.15, 0.2) is 15.1 Å². The second kappa shape index (κ2) is 6.78. The molecular weight excluding hydrogens is 372 g/mol. The molecule has 0 aliphatic carbocycles. The minimum Gasteiger partial charge on any atom is -0.465 e. The average molecular weight is 389 g/mol. The third kappa shape index (κ3) is 4.07. The van der Waals surface area contributed by atoms with Gasteiger partial charge in [-0.15, -0.1) is 0 Å². The fraction of sp³-hybridized carbons (Fsp3) is 0.429. The summed E-state index contributed by atoms with van der Waals surface area (Å²) in [5.74, 6) is -0.704. The van der Waals surface area contributed by atoms with E-state index in [2.05, 4.69) is 21.0 Å². The molecule has 8 heteroatoms. The van der Waals surface area contributed by atoms with Crippen LogP contribution in [-0.4, -0.2) is 42.3 Å². The van der Waals surface area contributed by atoms with E-state index < -0.39 is 21.1 Å². The molecule has 2 rings (SSSR count). The Labute approximate surface area is 137 Å². The Bertz CT molecular complexity index is 785. The highest BCUT2D eigenvalue weighted by molar-refractivity contribution is 9.10. The van der Waals surface area contributed by atoms with Crippen molar-refractivity contribution in [2.24, 2.45) is 0 Å². The Morgan fingerprint density at radius 3 is 2.82 bits per heavy atom. The lowest BCUT2D eigenvalue weighted by atomic mass is 10.3. The lowest BCUT2D eigenvalue weighted by Gasteiger charge is -2.13. The van der Waals surface area contributed by atoms with E-state index in [0.29, 0.717) is 6.54 Å². The van der Waals surface area contributed by atoms with Crippen LogP contribution in [0.2, 0.25) is 0 Å². The molecule has 0 aliphatic rings. The van der Waals surface area contributed by atoms with Crippen LogP contribution >= 0.6 is 15.9 Å². The molecule has 0 radical (unpaired) electrons. The van der Waals surface area contributed by atoms with E-state index in [9.17, 15) is 13.2 Å². The number of halogens is 1. The molecule has 22 heavy (non-hydrogen) atoms. The second-order valence-corrected chi connectivity index (χ2v) is 8.10. The van der Waals surface area contributed by atoms with Crippen molar-refractivity contribution >= 4 is 42.6 Å². The number of carbonyl (C=O) groups is 1. The number of sulfone groups is 1. The van der Waals surface area contributed by atoms with Crippen LogP contribution in [0.15, 0.2) is 28.9 Å². The third-order valence-corrected chi connectivity index (χ3v) is 5.16. The summed E-state index contributed by atoms with van der Waals surface area (Å²) in [4.78, 5) is 11.8. The zero-order valence-electron chi connectivity index (χ0n) is 12.3. The van der Waals surface area contributed by atoms with E-state index in [1.54, 1.807) is 11.6 Å². The molecule has 1 aromatic heterocycles. The first-order chi connectivity index (χ1) is 10.3. The number of rotatable bonds is 6. The highest BCUT2D eigenvalue weighted by atomic mass is 79.9. The Balaban J connectivity index is 2.15. The number of hydrogen-bond acceptors (Lipinski definition) is 5. The molecule has 2 aromatic rings. The Morgan fingerprint density at radius 1 is 1.45 bits per heavy atom. The first-order valence-electron chi connectivity index (χ1n) is 6.79. The SMILES string of the molecule is CCOC(=O)C(CCn1cc2cc(Br)ccc2n1)S(C)(=O)=O. The molecule has 0 amide bonds. The van der Waals surface area contributed by atoms with Gasteiger partial charge in [0.1, 0.15) is 0 Å². The summed E-state index contributed by atoms with van der Waals surface area (Å²) in [7, 11) is -3.52. The fourth-order valence-electron chi connectivity index (χ4n) is 2.15. The standard InChI is InChI=1S/C14H17BrN2O4S/c1-3-21-14(18)13(22(2,19)20)6-7-17-9-10-8-11(15)4-5-12(10)16-17/h4-5,8-9,13H,3,6-7H2,1-2H3. The average Bonchev–Trinajstić information content (AvgIpc) is 2.79. The molecule has 120 valence electrons. The van der Waals surface area contributed by atoms with Crippen LogP contribution < -0.4 is 0 Å². The van der Waals surface area contributed by atoms with Crippen LogP contribution in [-0.2, 0) is 25.9 Å². The largest absolute Gasteiger partial charge is 0.465 e. The van der Waals surface area contributed by atoms with Crippen LogP contribution in [0.1, 0.15) is 13.3 Å². The summed E-state index contributed by atoms with van der Waals surface area (Å²) in [6, 6.07) is 5.69. The maximum atomic E-state index is 11.8. The van der Waals surface area contributed by atoms with Gasteiger partial charge >= 0.3 is 5.97 Å². The summed E-state index contributed by atoms with van der Waals surface area (Å²) in [6.07, 6.45) is 3.00. The lowest BCUT2D eigenvalue weighted by Crippen LogP contribution is -2.32. The minimum atomic E-state index is -3.52. The summed E-state index contributed by atoms with van der Waals surface area (Å²) in [6.45, 7) is 2.13. The number of nitrogens with zero attached hydrogens (tertiary/aromatic N) is 2. The summed E-state index contributed by atoms with van der Waals surface area (Å²) < 4.78 is 30.9. The van der Waals surface area contributed by atoms with E-state index in [4.69, 9.17) is 4.74 Å². The van der Waals surface area contributed by atoms with Gasteiger partial charge in [0.05, 0.1) is 12.1 Å². The van der Waals surface area contributed by atoms with E-state index in [1.165, 1.54) is 0 Å². The van der Waals surface area contributed by atoms with Crippen molar-refractivity contribution in [3.05, 3.63) is 28.9 Å². The van der Waals surface area contributed by atoms with Crippen LogP contribution in [0.4, 0.5) is 0 Å². The first-order valence-corrected chi connectivity index (χ1v) is 9.54. The molecule has 0 N–H and O–H groups in total. The van der Waals surface area contributed by atoms with E-state index >= 15 is 0 Å². The predicted molar refractivity (Wildman–Crippen MR) is 87.3 cm³/mol. The molecule has 1 aromatic carbocycles. The Hall–Kier alpha value is -1.41. The fourth-order valence-corrected chi connectivity index (χ4v) is 3.48.